The first-order valence-corrected chi connectivity index (χ1v) is 6.99. The second-order valence-electron chi connectivity index (χ2n) is 4.79. The Labute approximate surface area is 118 Å². The third-order valence-electron chi connectivity index (χ3n) is 3.50. The Kier molecular flexibility index (Phi) is 3.38. The Morgan fingerprint density at radius 1 is 1.16 bits per heavy atom. The van der Waals surface area contributed by atoms with E-state index in [2.05, 4.69) is 10.3 Å². The molecule has 0 spiro atoms. The van der Waals surface area contributed by atoms with E-state index in [1.54, 1.807) is 0 Å². The van der Waals surface area contributed by atoms with Crippen LogP contribution in [0.15, 0.2) is 24.3 Å². The molecular formula is C15H16ClN3. The first-order valence-electron chi connectivity index (χ1n) is 6.61. The van der Waals surface area contributed by atoms with Gasteiger partial charge in [0.15, 0.2) is 5.82 Å². The molecule has 4 heteroatoms. The summed E-state index contributed by atoms with van der Waals surface area (Å²) >= 11 is 6.04. The van der Waals surface area contributed by atoms with Gasteiger partial charge in [0.1, 0.15) is 5.82 Å². The molecule has 0 unspecified atom stereocenters. The number of rotatable bonds is 2. The standard InChI is InChI=1S/C15H16ClN3/c1-17-15-12-7-2-3-8-13(12)18-14(19-15)10-5-4-6-11(16)9-10/h4-6,9H,2-3,7-8H2,1H3,(H,17,18,19). The number of benzene rings is 1. The predicted octanol–water partition coefficient (Wildman–Crippen LogP) is 3.72. The first kappa shape index (κ1) is 12.4. The molecule has 1 aliphatic rings. The summed E-state index contributed by atoms with van der Waals surface area (Å²) in [6.07, 6.45) is 4.55. The number of aromatic nitrogens is 2. The van der Waals surface area contributed by atoms with Gasteiger partial charge in [0.05, 0.1) is 0 Å². The normalized spacial score (nSPS) is 14.0. The molecule has 1 aromatic carbocycles. The largest absolute Gasteiger partial charge is 0.373 e. The lowest BCUT2D eigenvalue weighted by atomic mass is 9.96. The van der Waals surface area contributed by atoms with Crippen LogP contribution in [0.1, 0.15) is 24.1 Å². The highest BCUT2D eigenvalue weighted by Crippen LogP contribution is 2.28. The van der Waals surface area contributed by atoms with Gasteiger partial charge in [0, 0.05) is 28.9 Å². The summed E-state index contributed by atoms with van der Waals surface area (Å²) < 4.78 is 0. The lowest BCUT2D eigenvalue weighted by Gasteiger charge is -2.18. The number of aryl methyl sites for hydroxylation is 1. The number of anilines is 1. The van der Waals surface area contributed by atoms with Crippen LogP contribution in [0.2, 0.25) is 5.02 Å². The van der Waals surface area contributed by atoms with Crippen molar-refractivity contribution in [3.63, 3.8) is 0 Å². The quantitative estimate of drug-likeness (QED) is 0.906. The number of fused-ring (bicyclic) bond motifs is 1. The zero-order valence-electron chi connectivity index (χ0n) is 10.9. The second-order valence-corrected chi connectivity index (χ2v) is 5.22. The van der Waals surface area contributed by atoms with Crippen molar-refractivity contribution in [2.24, 2.45) is 0 Å². The van der Waals surface area contributed by atoms with Crippen molar-refractivity contribution in [1.29, 1.82) is 0 Å². The van der Waals surface area contributed by atoms with Gasteiger partial charge in [0.2, 0.25) is 0 Å². The van der Waals surface area contributed by atoms with E-state index in [4.69, 9.17) is 16.6 Å². The molecule has 0 atom stereocenters. The molecule has 0 saturated heterocycles. The van der Waals surface area contributed by atoms with Crippen LogP contribution in [-0.2, 0) is 12.8 Å². The summed E-state index contributed by atoms with van der Waals surface area (Å²) in [5.74, 6) is 1.71. The zero-order chi connectivity index (χ0) is 13.2. The zero-order valence-corrected chi connectivity index (χ0v) is 11.7. The molecule has 98 valence electrons. The summed E-state index contributed by atoms with van der Waals surface area (Å²) in [7, 11) is 1.92. The van der Waals surface area contributed by atoms with Crippen LogP contribution in [0.3, 0.4) is 0 Å². The maximum atomic E-state index is 6.04. The van der Waals surface area contributed by atoms with Gasteiger partial charge in [-0.1, -0.05) is 23.7 Å². The van der Waals surface area contributed by atoms with Crippen LogP contribution in [0.25, 0.3) is 11.4 Å². The summed E-state index contributed by atoms with van der Waals surface area (Å²) in [5.41, 5.74) is 3.43. The molecule has 1 N–H and O–H groups in total. The predicted molar refractivity (Wildman–Crippen MR) is 78.7 cm³/mol. The Balaban J connectivity index is 2.12. The second kappa shape index (κ2) is 5.17. The van der Waals surface area contributed by atoms with Crippen LogP contribution >= 0.6 is 11.6 Å². The molecule has 3 rings (SSSR count). The molecule has 0 bridgehead atoms. The van der Waals surface area contributed by atoms with E-state index < -0.39 is 0 Å². The van der Waals surface area contributed by atoms with Gasteiger partial charge < -0.3 is 5.32 Å². The van der Waals surface area contributed by atoms with E-state index in [9.17, 15) is 0 Å². The van der Waals surface area contributed by atoms with Crippen molar-refractivity contribution in [2.45, 2.75) is 25.7 Å². The van der Waals surface area contributed by atoms with Gasteiger partial charge >= 0.3 is 0 Å². The van der Waals surface area contributed by atoms with Gasteiger partial charge in [0.25, 0.3) is 0 Å². The Morgan fingerprint density at radius 3 is 2.79 bits per heavy atom. The first-order chi connectivity index (χ1) is 9.28. The van der Waals surface area contributed by atoms with Crippen molar-refractivity contribution in [2.75, 3.05) is 12.4 Å². The molecule has 0 saturated carbocycles. The molecule has 1 aliphatic carbocycles. The van der Waals surface area contributed by atoms with E-state index in [1.807, 2.05) is 31.3 Å². The summed E-state index contributed by atoms with van der Waals surface area (Å²) in [6.45, 7) is 0. The minimum absolute atomic E-state index is 0.713. The fraction of sp³-hybridized carbons (Fsp3) is 0.333. The SMILES string of the molecule is CNc1nc(-c2cccc(Cl)c2)nc2c1CCCC2. The lowest BCUT2D eigenvalue weighted by Crippen LogP contribution is -2.11. The van der Waals surface area contributed by atoms with Crippen LogP contribution < -0.4 is 5.32 Å². The van der Waals surface area contributed by atoms with Gasteiger partial charge in [-0.2, -0.15) is 0 Å². The molecule has 0 amide bonds. The molecule has 3 nitrogen and oxygen atoms in total. The van der Waals surface area contributed by atoms with Crippen LogP contribution in [0.4, 0.5) is 5.82 Å². The molecule has 2 aromatic rings. The Morgan fingerprint density at radius 2 is 2.00 bits per heavy atom. The number of halogens is 1. The third-order valence-corrected chi connectivity index (χ3v) is 3.74. The van der Waals surface area contributed by atoms with Crippen molar-refractivity contribution in [3.05, 3.63) is 40.5 Å². The monoisotopic (exact) mass is 273 g/mol. The van der Waals surface area contributed by atoms with Gasteiger partial charge in [-0.05, 0) is 37.8 Å². The van der Waals surface area contributed by atoms with Gasteiger partial charge in [-0.3, -0.25) is 0 Å². The third kappa shape index (κ3) is 2.43. The number of nitrogens with one attached hydrogen (secondary N) is 1. The molecule has 1 heterocycles. The smallest absolute Gasteiger partial charge is 0.161 e. The van der Waals surface area contributed by atoms with Crippen LogP contribution in [0, 0.1) is 0 Å². The van der Waals surface area contributed by atoms with Gasteiger partial charge in [-0.25, -0.2) is 9.97 Å². The lowest BCUT2D eigenvalue weighted by molar-refractivity contribution is 0.665. The van der Waals surface area contributed by atoms with Crippen molar-refractivity contribution < 1.29 is 0 Å². The minimum Gasteiger partial charge on any atom is -0.373 e. The minimum atomic E-state index is 0.713. The molecule has 0 fully saturated rings. The summed E-state index contributed by atoms with van der Waals surface area (Å²) in [4.78, 5) is 9.36. The van der Waals surface area contributed by atoms with Crippen molar-refractivity contribution in [3.8, 4) is 11.4 Å². The average Bonchev–Trinajstić information content (AvgIpc) is 2.46. The van der Waals surface area contributed by atoms with Gasteiger partial charge in [-0.15, -0.1) is 0 Å². The number of hydrogen-bond acceptors (Lipinski definition) is 3. The van der Waals surface area contributed by atoms with E-state index in [-0.39, 0.29) is 0 Å². The maximum absolute atomic E-state index is 6.04. The van der Waals surface area contributed by atoms with E-state index >= 15 is 0 Å². The topological polar surface area (TPSA) is 37.8 Å². The molecule has 19 heavy (non-hydrogen) atoms. The number of hydrogen-bond donors (Lipinski definition) is 1. The van der Waals surface area contributed by atoms with E-state index in [0.29, 0.717) is 5.02 Å². The summed E-state index contributed by atoms with van der Waals surface area (Å²) in [6, 6.07) is 7.70. The Bertz CT molecular complexity index is 593. The highest BCUT2D eigenvalue weighted by molar-refractivity contribution is 6.30. The fourth-order valence-electron chi connectivity index (χ4n) is 2.56. The highest BCUT2D eigenvalue weighted by Gasteiger charge is 2.17. The number of nitrogens with zero attached hydrogens (tertiary/aromatic N) is 2. The maximum Gasteiger partial charge on any atom is 0.161 e. The molecule has 0 radical (unpaired) electrons. The molecular weight excluding hydrogens is 258 g/mol. The van der Waals surface area contributed by atoms with Crippen LogP contribution in [-0.4, -0.2) is 17.0 Å². The van der Waals surface area contributed by atoms with Crippen molar-refractivity contribution >= 4 is 17.4 Å². The summed E-state index contributed by atoms with van der Waals surface area (Å²) in [5, 5.41) is 3.91. The van der Waals surface area contributed by atoms with E-state index in [0.717, 1.165) is 30.0 Å². The molecule has 0 aliphatic heterocycles. The van der Waals surface area contributed by atoms with Crippen molar-refractivity contribution in [1.82, 2.24) is 9.97 Å². The fourth-order valence-corrected chi connectivity index (χ4v) is 2.75. The average molecular weight is 274 g/mol. The Hall–Kier alpha value is -1.61. The molecule has 1 aromatic heterocycles. The van der Waals surface area contributed by atoms with E-state index in [1.165, 1.54) is 24.1 Å². The van der Waals surface area contributed by atoms with Crippen LogP contribution in [0.5, 0.6) is 0 Å². The highest BCUT2D eigenvalue weighted by atomic mass is 35.5.